The lowest BCUT2D eigenvalue weighted by Crippen LogP contribution is -2.37. The minimum atomic E-state index is -3.57. The highest BCUT2D eigenvalue weighted by atomic mass is 31.2. The second kappa shape index (κ2) is 23.4. The van der Waals surface area contributed by atoms with Gasteiger partial charge in [0, 0.05) is 12.8 Å². The molecule has 0 rings (SSSR count). The zero-order chi connectivity index (χ0) is 27.0. The second-order valence-corrected chi connectivity index (χ2v) is 12.1. The number of unbranched alkanes of at least 4 members (excludes halogenated alkanes) is 11. The van der Waals surface area contributed by atoms with Crippen LogP contribution in [0, 0.1) is 0 Å². The van der Waals surface area contributed by atoms with Crippen LogP contribution in [0.1, 0.15) is 110 Å². The summed E-state index contributed by atoms with van der Waals surface area (Å²) in [4.78, 5) is 11.9. The number of allylic oxidation sites excluding steroid dienone is 2. The van der Waals surface area contributed by atoms with Crippen LogP contribution >= 0.6 is 7.82 Å². The van der Waals surface area contributed by atoms with Crippen molar-refractivity contribution in [2.75, 3.05) is 54.1 Å². The Bertz CT molecular complexity index is 591. The standard InChI is InChI=1S/C28H57NO6P/c1-6-8-9-10-11-12-13-14-15-16-17-18-19-20-21-23-28(30)32-25-22-26-34-36(31,33-7-2)35-27-24-29(3,4)5/h14-15H,6-13,16-27H2,1-5H3/q+1/b15-14-. The number of quaternary nitrogens is 1. The molecule has 7 nitrogen and oxygen atoms in total. The van der Waals surface area contributed by atoms with Gasteiger partial charge in [-0.05, 0) is 39.0 Å². The average Bonchev–Trinajstić information content (AvgIpc) is 2.80. The number of carbonyl (C=O) groups excluding carboxylic acids is 1. The quantitative estimate of drug-likeness (QED) is 0.0370. The summed E-state index contributed by atoms with van der Waals surface area (Å²) in [5.74, 6) is -0.181. The number of rotatable bonds is 26. The maximum absolute atomic E-state index is 12.6. The molecule has 0 aromatic carbocycles. The minimum Gasteiger partial charge on any atom is -0.466 e. The Morgan fingerprint density at radius 3 is 1.83 bits per heavy atom. The highest BCUT2D eigenvalue weighted by Crippen LogP contribution is 2.49. The van der Waals surface area contributed by atoms with E-state index in [2.05, 4.69) is 19.1 Å². The number of carbonyl (C=O) groups is 1. The summed E-state index contributed by atoms with van der Waals surface area (Å²) >= 11 is 0. The van der Waals surface area contributed by atoms with Crippen molar-refractivity contribution in [1.82, 2.24) is 0 Å². The van der Waals surface area contributed by atoms with Crippen LogP contribution in [0.2, 0.25) is 0 Å². The lowest BCUT2D eigenvalue weighted by atomic mass is 10.1. The molecule has 0 aliphatic carbocycles. The van der Waals surface area contributed by atoms with Crippen molar-refractivity contribution < 1.29 is 32.2 Å². The number of likely N-dealkylation sites (N-methyl/N-ethyl adjacent to an activating group) is 1. The van der Waals surface area contributed by atoms with Gasteiger partial charge in [-0.3, -0.25) is 18.4 Å². The fourth-order valence-corrected chi connectivity index (χ4v) is 4.73. The van der Waals surface area contributed by atoms with Crippen LogP contribution in [0.4, 0.5) is 0 Å². The maximum Gasteiger partial charge on any atom is 0.474 e. The molecule has 0 aromatic rings. The Morgan fingerprint density at radius 1 is 0.694 bits per heavy atom. The molecule has 0 heterocycles. The molecule has 0 saturated carbocycles. The molecule has 0 aliphatic rings. The first-order chi connectivity index (χ1) is 17.2. The molecule has 36 heavy (non-hydrogen) atoms. The van der Waals surface area contributed by atoms with Gasteiger partial charge >= 0.3 is 13.8 Å². The van der Waals surface area contributed by atoms with Crippen molar-refractivity contribution in [3.05, 3.63) is 12.2 Å². The van der Waals surface area contributed by atoms with Crippen molar-refractivity contribution >= 4 is 13.8 Å². The molecule has 0 fully saturated rings. The average molecular weight is 535 g/mol. The summed E-state index contributed by atoms with van der Waals surface area (Å²) in [6, 6.07) is 0. The van der Waals surface area contributed by atoms with Gasteiger partial charge in [-0.2, -0.15) is 0 Å². The van der Waals surface area contributed by atoms with Gasteiger partial charge in [-0.1, -0.05) is 70.4 Å². The number of esters is 1. The SMILES string of the molecule is CCCCCCCC/C=C\CCCCCCCC(=O)OCCCOP(=O)(OCC)OCC[N+](C)(C)C. The molecule has 0 aliphatic heterocycles. The van der Waals surface area contributed by atoms with Crippen LogP contribution in [0.3, 0.4) is 0 Å². The Balaban J connectivity index is 3.62. The van der Waals surface area contributed by atoms with E-state index >= 15 is 0 Å². The van der Waals surface area contributed by atoms with Crippen molar-refractivity contribution in [2.24, 2.45) is 0 Å². The topological polar surface area (TPSA) is 71.1 Å². The van der Waals surface area contributed by atoms with Crippen LogP contribution in [-0.4, -0.2) is 64.6 Å². The highest BCUT2D eigenvalue weighted by Gasteiger charge is 2.26. The number of phosphoric acid groups is 1. The molecule has 0 saturated heterocycles. The predicted octanol–water partition coefficient (Wildman–Crippen LogP) is 7.84. The van der Waals surface area contributed by atoms with E-state index in [-0.39, 0.29) is 32.4 Å². The van der Waals surface area contributed by atoms with Crippen LogP contribution in [-0.2, 0) is 27.7 Å². The molecule has 0 N–H and O–H groups in total. The van der Waals surface area contributed by atoms with E-state index in [1.165, 1.54) is 57.8 Å². The van der Waals surface area contributed by atoms with Gasteiger partial charge in [0.25, 0.3) is 0 Å². The second-order valence-electron chi connectivity index (χ2n) is 10.5. The Kier molecular flexibility index (Phi) is 22.9. The maximum atomic E-state index is 12.6. The van der Waals surface area contributed by atoms with Gasteiger partial charge < -0.3 is 9.22 Å². The monoisotopic (exact) mass is 534 g/mol. The molecule has 0 bridgehead atoms. The summed E-state index contributed by atoms with van der Waals surface area (Å²) in [6.45, 7) is 5.62. The Hall–Kier alpha value is -0.720. The molecule has 0 aromatic heterocycles. The summed E-state index contributed by atoms with van der Waals surface area (Å²) in [6.07, 6.45) is 21.6. The minimum absolute atomic E-state index is 0.155. The summed E-state index contributed by atoms with van der Waals surface area (Å²) in [5.41, 5.74) is 0. The van der Waals surface area contributed by atoms with Gasteiger partial charge in [0.05, 0.1) is 41.0 Å². The third-order valence-corrected chi connectivity index (χ3v) is 7.31. The first-order valence-electron chi connectivity index (χ1n) is 14.4. The molecular formula is C28H57NO6P+. The van der Waals surface area contributed by atoms with Crippen molar-refractivity contribution in [2.45, 2.75) is 110 Å². The van der Waals surface area contributed by atoms with Gasteiger partial charge in [0.15, 0.2) is 0 Å². The van der Waals surface area contributed by atoms with E-state index in [1.54, 1.807) is 6.92 Å². The van der Waals surface area contributed by atoms with Crippen molar-refractivity contribution in [1.29, 1.82) is 0 Å². The predicted molar refractivity (Wildman–Crippen MR) is 149 cm³/mol. The van der Waals surface area contributed by atoms with E-state index in [1.807, 2.05) is 21.1 Å². The fourth-order valence-electron chi connectivity index (χ4n) is 3.53. The number of hydrogen-bond acceptors (Lipinski definition) is 6. The van der Waals surface area contributed by atoms with Crippen LogP contribution in [0.25, 0.3) is 0 Å². The molecule has 0 spiro atoms. The normalized spacial score (nSPS) is 13.8. The van der Waals surface area contributed by atoms with E-state index in [0.29, 0.717) is 23.9 Å². The van der Waals surface area contributed by atoms with Crippen LogP contribution < -0.4 is 0 Å². The Labute approximate surface area is 222 Å². The van der Waals surface area contributed by atoms with Gasteiger partial charge in [-0.25, -0.2) is 4.57 Å². The van der Waals surface area contributed by atoms with E-state index in [0.717, 1.165) is 25.7 Å². The lowest BCUT2D eigenvalue weighted by Gasteiger charge is -2.24. The molecule has 0 amide bonds. The molecule has 1 atom stereocenters. The fraction of sp³-hybridized carbons (Fsp3) is 0.893. The van der Waals surface area contributed by atoms with E-state index < -0.39 is 7.82 Å². The van der Waals surface area contributed by atoms with E-state index in [4.69, 9.17) is 18.3 Å². The number of nitrogens with zero attached hydrogens (tertiary/aromatic N) is 1. The molecule has 214 valence electrons. The zero-order valence-corrected chi connectivity index (χ0v) is 25.0. The molecular weight excluding hydrogens is 477 g/mol. The number of ether oxygens (including phenoxy) is 1. The van der Waals surface area contributed by atoms with Gasteiger partial charge in [-0.15, -0.1) is 0 Å². The van der Waals surface area contributed by atoms with Crippen LogP contribution in [0.5, 0.6) is 0 Å². The first kappa shape index (κ1) is 35.3. The van der Waals surface area contributed by atoms with Crippen molar-refractivity contribution in [3.63, 3.8) is 0 Å². The highest BCUT2D eigenvalue weighted by molar-refractivity contribution is 7.48. The molecule has 8 heteroatoms. The number of phosphoric ester groups is 1. The third-order valence-electron chi connectivity index (χ3n) is 5.74. The van der Waals surface area contributed by atoms with Crippen molar-refractivity contribution in [3.8, 4) is 0 Å². The Morgan fingerprint density at radius 2 is 1.25 bits per heavy atom. The smallest absolute Gasteiger partial charge is 0.466 e. The lowest BCUT2D eigenvalue weighted by molar-refractivity contribution is -0.870. The summed E-state index contributed by atoms with van der Waals surface area (Å²) in [5, 5.41) is 0. The van der Waals surface area contributed by atoms with Gasteiger partial charge in [0.1, 0.15) is 13.2 Å². The third kappa shape index (κ3) is 25.0. The summed E-state index contributed by atoms with van der Waals surface area (Å²) < 4.78 is 34.5. The first-order valence-corrected chi connectivity index (χ1v) is 15.8. The zero-order valence-electron chi connectivity index (χ0n) is 24.1. The van der Waals surface area contributed by atoms with Gasteiger partial charge in [0.2, 0.25) is 0 Å². The summed E-state index contributed by atoms with van der Waals surface area (Å²) in [7, 11) is 2.52. The van der Waals surface area contributed by atoms with Crippen LogP contribution in [0.15, 0.2) is 12.2 Å². The van der Waals surface area contributed by atoms with E-state index in [9.17, 15) is 9.36 Å². The molecule has 1 unspecified atom stereocenters. The number of hydrogen-bond donors (Lipinski definition) is 0. The largest absolute Gasteiger partial charge is 0.474 e. The molecule has 0 radical (unpaired) electrons.